The minimum atomic E-state index is -0.955. The number of rotatable bonds is 10. The maximum absolute atomic E-state index is 12.5. The van der Waals surface area contributed by atoms with Crippen molar-refractivity contribution >= 4 is 40.5 Å². The number of nitrogens with one attached hydrogen (secondary N) is 2. The van der Waals surface area contributed by atoms with Crippen LogP contribution in [0.3, 0.4) is 0 Å². The fraction of sp³-hybridized carbons (Fsp3) is 0.360. The zero-order chi connectivity index (χ0) is 24.8. The fourth-order valence-corrected chi connectivity index (χ4v) is 5.16. The molecule has 0 saturated carbocycles. The van der Waals surface area contributed by atoms with Gasteiger partial charge in [-0.2, -0.15) is 11.8 Å². The lowest BCUT2D eigenvalue weighted by atomic mass is 10.1. The predicted octanol–water partition coefficient (Wildman–Crippen LogP) is 2.63. The molecule has 4 rings (SSSR count). The normalized spacial score (nSPS) is 14.2. The highest BCUT2D eigenvalue weighted by atomic mass is 32.2. The van der Waals surface area contributed by atoms with Crippen molar-refractivity contribution in [3.8, 4) is 11.4 Å². The molecule has 1 aromatic heterocycles. The van der Waals surface area contributed by atoms with Crippen molar-refractivity contribution in [1.29, 1.82) is 5.41 Å². The van der Waals surface area contributed by atoms with E-state index in [1.807, 2.05) is 42.1 Å². The minimum Gasteiger partial charge on any atom is -0.481 e. The first kappa shape index (κ1) is 24.7. The van der Waals surface area contributed by atoms with E-state index in [0.717, 1.165) is 49.5 Å². The number of fused-ring (bicyclic) bond motifs is 1. The number of imidazole rings is 1. The van der Waals surface area contributed by atoms with Gasteiger partial charge in [-0.25, -0.2) is 4.98 Å². The van der Waals surface area contributed by atoms with Crippen molar-refractivity contribution < 1.29 is 14.7 Å². The topological polar surface area (TPSA) is 137 Å². The van der Waals surface area contributed by atoms with E-state index in [4.69, 9.17) is 21.2 Å². The standard InChI is InChI=1S/C25H30N6O3S/c26-23(27)17-2-4-18(5-3-17)24-29-20-16-19(25(34)28-9-8-22(32)33)6-7-21(20)31(24)11-1-10-30-12-14-35-15-13-30/h2-7,16H,1,8-15H2,(H3,26,27)(H,28,34)(H,32,33). The molecule has 2 aromatic carbocycles. The number of amides is 1. The van der Waals surface area contributed by atoms with Crippen molar-refractivity contribution in [2.24, 2.45) is 5.73 Å². The van der Waals surface area contributed by atoms with E-state index in [2.05, 4.69) is 14.8 Å². The summed E-state index contributed by atoms with van der Waals surface area (Å²) < 4.78 is 2.18. The van der Waals surface area contributed by atoms with Crippen LogP contribution in [-0.4, -0.2) is 75.0 Å². The summed E-state index contributed by atoms with van der Waals surface area (Å²) >= 11 is 2.00. The molecule has 0 atom stereocenters. The summed E-state index contributed by atoms with van der Waals surface area (Å²) in [4.78, 5) is 30.6. The van der Waals surface area contributed by atoms with Gasteiger partial charge in [0.15, 0.2) is 0 Å². The van der Waals surface area contributed by atoms with E-state index in [1.54, 1.807) is 12.1 Å². The molecule has 1 fully saturated rings. The van der Waals surface area contributed by atoms with E-state index >= 15 is 0 Å². The number of aryl methyl sites for hydroxylation is 1. The number of thioether (sulfide) groups is 1. The molecular weight excluding hydrogens is 464 g/mol. The number of hydrogen-bond donors (Lipinski definition) is 4. The quantitative estimate of drug-likeness (QED) is 0.251. The third-order valence-electron chi connectivity index (χ3n) is 6.05. The number of benzene rings is 2. The van der Waals surface area contributed by atoms with Crippen LogP contribution < -0.4 is 11.1 Å². The van der Waals surface area contributed by atoms with Crippen LogP contribution in [0.1, 0.15) is 28.8 Å². The van der Waals surface area contributed by atoms with E-state index < -0.39 is 5.97 Å². The molecule has 1 amide bonds. The van der Waals surface area contributed by atoms with Crippen molar-refractivity contribution in [2.75, 3.05) is 37.7 Å². The number of aromatic nitrogens is 2. The summed E-state index contributed by atoms with van der Waals surface area (Å²) in [5.41, 5.74) is 9.26. The van der Waals surface area contributed by atoms with Crippen LogP contribution in [0.4, 0.5) is 0 Å². The molecule has 3 aromatic rings. The number of carbonyl (C=O) groups excluding carboxylic acids is 1. The summed E-state index contributed by atoms with van der Waals surface area (Å²) in [5.74, 6) is 1.90. The molecule has 1 aliphatic heterocycles. The Morgan fingerprint density at radius 1 is 1.09 bits per heavy atom. The van der Waals surface area contributed by atoms with E-state index in [-0.39, 0.29) is 24.7 Å². The van der Waals surface area contributed by atoms with Gasteiger partial charge in [0.05, 0.1) is 17.5 Å². The lowest BCUT2D eigenvalue weighted by Gasteiger charge is -2.26. The first-order chi connectivity index (χ1) is 16.9. The molecule has 9 nitrogen and oxygen atoms in total. The van der Waals surface area contributed by atoms with Gasteiger partial charge in [-0.3, -0.25) is 15.0 Å². The average molecular weight is 495 g/mol. The Morgan fingerprint density at radius 2 is 1.80 bits per heavy atom. The highest BCUT2D eigenvalue weighted by Gasteiger charge is 2.16. The van der Waals surface area contributed by atoms with E-state index in [0.29, 0.717) is 16.6 Å². The summed E-state index contributed by atoms with van der Waals surface area (Å²) in [6, 6.07) is 12.9. The van der Waals surface area contributed by atoms with Crippen molar-refractivity contribution in [3.05, 3.63) is 53.6 Å². The molecule has 184 valence electrons. The van der Waals surface area contributed by atoms with Crippen LogP contribution in [-0.2, 0) is 11.3 Å². The van der Waals surface area contributed by atoms with Gasteiger partial charge in [-0.05, 0) is 31.2 Å². The Kier molecular flexibility index (Phi) is 8.04. The molecule has 1 saturated heterocycles. The molecule has 0 radical (unpaired) electrons. The first-order valence-corrected chi connectivity index (χ1v) is 12.8. The highest BCUT2D eigenvalue weighted by molar-refractivity contribution is 7.99. The summed E-state index contributed by atoms with van der Waals surface area (Å²) in [6.07, 6.45) is 0.852. The molecule has 1 aliphatic rings. The van der Waals surface area contributed by atoms with Crippen LogP contribution in [0.2, 0.25) is 0 Å². The molecule has 5 N–H and O–H groups in total. The van der Waals surface area contributed by atoms with Crippen molar-refractivity contribution in [1.82, 2.24) is 19.8 Å². The number of amidine groups is 1. The van der Waals surface area contributed by atoms with Crippen molar-refractivity contribution in [3.63, 3.8) is 0 Å². The Balaban J connectivity index is 1.60. The molecule has 0 spiro atoms. The Bertz CT molecular complexity index is 1220. The third kappa shape index (κ3) is 6.20. The molecular formula is C25H30N6O3S. The second-order valence-corrected chi connectivity index (χ2v) is 9.71. The molecule has 10 heteroatoms. The molecule has 0 aliphatic carbocycles. The fourth-order valence-electron chi connectivity index (χ4n) is 4.18. The van der Waals surface area contributed by atoms with Crippen molar-refractivity contribution in [2.45, 2.75) is 19.4 Å². The Hall–Kier alpha value is -3.37. The van der Waals surface area contributed by atoms with Gasteiger partial charge in [0.25, 0.3) is 5.91 Å². The zero-order valence-electron chi connectivity index (χ0n) is 19.5. The Morgan fingerprint density at radius 3 is 2.49 bits per heavy atom. The minimum absolute atomic E-state index is 0.0169. The number of nitrogen functional groups attached to an aromatic ring is 1. The maximum atomic E-state index is 12.5. The second kappa shape index (κ2) is 11.4. The molecule has 35 heavy (non-hydrogen) atoms. The van der Waals surface area contributed by atoms with E-state index in [9.17, 15) is 9.59 Å². The van der Waals surface area contributed by atoms with Gasteiger partial charge in [0, 0.05) is 54.4 Å². The van der Waals surface area contributed by atoms with Crippen LogP contribution in [0, 0.1) is 5.41 Å². The summed E-state index contributed by atoms with van der Waals surface area (Å²) in [5, 5.41) is 19.1. The van der Waals surface area contributed by atoms with Gasteiger partial charge in [-0.1, -0.05) is 24.3 Å². The zero-order valence-corrected chi connectivity index (χ0v) is 20.3. The van der Waals surface area contributed by atoms with Crippen LogP contribution >= 0.6 is 11.8 Å². The average Bonchev–Trinajstić information content (AvgIpc) is 3.22. The van der Waals surface area contributed by atoms with Gasteiger partial charge in [-0.15, -0.1) is 0 Å². The number of hydrogen-bond acceptors (Lipinski definition) is 6. The summed E-state index contributed by atoms with van der Waals surface area (Å²) in [6.45, 7) is 4.12. The molecule has 0 bridgehead atoms. The number of carboxylic acid groups (broad SMARTS) is 1. The number of carboxylic acids is 1. The second-order valence-electron chi connectivity index (χ2n) is 8.49. The number of nitrogens with two attached hydrogens (primary N) is 1. The predicted molar refractivity (Wildman–Crippen MR) is 139 cm³/mol. The van der Waals surface area contributed by atoms with Gasteiger partial charge in [0.2, 0.25) is 0 Å². The third-order valence-corrected chi connectivity index (χ3v) is 6.99. The maximum Gasteiger partial charge on any atom is 0.305 e. The monoisotopic (exact) mass is 494 g/mol. The number of nitrogens with zero attached hydrogens (tertiary/aromatic N) is 3. The number of carbonyl (C=O) groups is 2. The largest absolute Gasteiger partial charge is 0.481 e. The molecule has 0 unspecified atom stereocenters. The summed E-state index contributed by atoms with van der Waals surface area (Å²) in [7, 11) is 0. The van der Waals surface area contributed by atoms with Gasteiger partial charge in [0.1, 0.15) is 11.7 Å². The Labute approximate surface area is 208 Å². The SMILES string of the molecule is N=C(N)c1ccc(-c2nc3cc(C(=O)NCCC(=O)O)ccc3n2CCCN2CCSCC2)cc1. The van der Waals surface area contributed by atoms with Gasteiger partial charge < -0.3 is 25.6 Å². The first-order valence-electron chi connectivity index (χ1n) is 11.7. The van der Waals surface area contributed by atoms with Crippen LogP contribution in [0.15, 0.2) is 42.5 Å². The lowest BCUT2D eigenvalue weighted by molar-refractivity contribution is -0.136. The number of aliphatic carboxylic acids is 1. The van der Waals surface area contributed by atoms with Gasteiger partial charge >= 0.3 is 5.97 Å². The smallest absolute Gasteiger partial charge is 0.305 e. The van der Waals surface area contributed by atoms with Crippen LogP contribution in [0.5, 0.6) is 0 Å². The van der Waals surface area contributed by atoms with E-state index in [1.165, 1.54) is 11.5 Å². The highest BCUT2D eigenvalue weighted by Crippen LogP contribution is 2.27. The molecule has 2 heterocycles. The van der Waals surface area contributed by atoms with Crippen LogP contribution in [0.25, 0.3) is 22.4 Å². The lowest BCUT2D eigenvalue weighted by Crippen LogP contribution is -2.33.